The molecule has 0 aromatic heterocycles. The Morgan fingerprint density at radius 2 is 1.75 bits per heavy atom. The van der Waals surface area contributed by atoms with Gasteiger partial charge in [-0.25, -0.2) is 0 Å². The van der Waals surface area contributed by atoms with Crippen LogP contribution in [0.15, 0.2) is 54.6 Å². The third-order valence-electron chi connectivity index (χ3n) is 4.50. The molecule has 0 amide bonds. The quantitative estimate of drug-likeness (QED) is 0.820. The fourth-order valence-corrected chi connectivity index (χ4v) is 3.15. The monoisotopic (exact) mass is 327 g/mol. The van der Waals surface area contributed by atoms with Crippen LogP contribution >= 0.6 is 0 Å². The first kappa shape index (κ1) is 17.0. The first-order chi connectivity index (χ1) is 11.7. The van der Waals surface area contributed by atoms with Gasteiger partial charge in [0.2, 0.25) is 0 Å². The predicted molar refractivity (Wildman–Crippen MR) is 95.0 cm³/mol. The highest BCUT2D eigenvalue weighted by Crippen LogP contribution is 2.22. The topological polar surface area (TPSA) is 52.9 Å². The summed E-state index contributed by atoms with van der Waals surface area (Å²) in [5, 5.41) is 19.3. The number of aliphatic hydroxyl groups excluding tert-OH is 2. The summed E-state index contributed by atoms with van der Waals surface area (Å²) in [7, 11) is 0. The predicted octanol–water partition coefficient (Wildman–Crippen LogP) is 2.41. The van der Waals surface area contributed by atoms with Crippen LogP contribution in [0, 0.1) is 5.92 Å². The summed E-state index contributed by atoms with van der Waals surface area (Å²) >= 11 is 0. The van der Waals surface area contributed by atoms with Crippen LogP contribution in [0.3, 0.4) is 0 Å². The first-order valence-corrected chi connectivity index (χ1v) is 8.54. The molecule has 4 nitrogen and oxygen atoms in total. The summed E-state index contributed by atoms with van der Waals surface area (Å²) in [6, 6.07) is 18.1. The van der Waals surface area contributed by atoms with E-state index in [0.717, 1.165) is 30.8 Å². The van der Waals surface area contributed by atoms with Crippen molar-refractivity contribution >= 4 is 0 Å². The number of rotatable bonds is 7. The molecule has 2 atom stereocenters. The maximum Gasteiger partial charge on any atom is 0.119 e. The van der Waals surface area contributed by atoms with E-state index in [4.69, 9.17) is 9.84 Å². The lowest BCUT2D eigenvalue weighted by atomic mass is 10.1. The number of likely N-dealkylation sites (tertiary alicyclic amines) is 1. The Kier molecular flexibility index (Phi) is 5.86. The van der Waals surface area contributed by atoms with Crippen molar-refractivity contribution in [2.45, 2.75) is 12.5 Å². The van der Waals surface area contributed by atoms with Gasteiger partial charge in [0, 0.05) is 19.7 Å². The molecule has 2 aromatic carbocycles. The summed E-state index contributed by atoms with van der Waals surface area (Å²) in [4.78, 5) is 2.19. The van der Waals surface area contributed by atoms with Crippen molar-refractivity contribution in [1.29, 1.82) is 0 Å². The molecule has 2 N–H and O–H groups in total. The Balaban J connectivity index is 1.46. The van der Waals surface area contributed by atoms with Crippen LogP contribution < -0.4 is 4.74 Å². The average Bonchev–Trinajstić information content (AvgIpc) is 3.09. The van der Waals surface area contributed by atoms with E-state index in [1.54, 1.807) is 0 Å². The molecule has 0 radical (unpaired) electrons. The second kappa shape index (κ2) is 8.29. The van der Waals surface area contributed by atoms with Crippen molar-refractivity contribution in [3.05, 3.63) is 54.6 Å². The number of nitrogens with zero attached hydrogens (tertiary/aromatic N) is 1. The number of aliphatic hydroxyl groups is 2. The lowest BCUT2D eigenvalue weighted by molar-refractivity contribution is 0.0735. The van der Waals surface area contributed by atoms with Gasteiger partial charge in [-0.2, -0.15) is 0 Å². The second-order valence-corrected chi connectivity index (χ2v) is 6.45. The van der Waals surface area contributed by atoms with Crippen LogP contribution in [0.4, 0.5) is 0 Å². The van der Waals surface area contributed by atoms with Gasteiger partial charge in [0.1, 0.15) is 18.5 Å². The molecule has 0 aliphatic carbocycles. The van der Waals surface area contributed by atoms with Gasteiger partial charge in [0.05, 0.1) is 0 Å². The number of benzene rings is 2. The fourth-order valence-electron chi connectivity index (χ4n) is 3.15. The molecule has 24 heavy (non-hydrogen) atoms. The number of hydrogen-bond acceptors (Lipinski definition) is 4. The average molecular weight is 327 g/mol. The summed E-state index contributed by atoms with van der Waals surface area (Å²) in [5.41, 5.74) is 2.33. The van der Waals surface area contributed by atoms with Gasteiger partial charge >= 0.3 is 0 Å². The minimum absolute atomic E-state index is 0.233. The van der Waals surface area contributed by atoms with Gasteiger partial charge in [-0.05, 0) is 42.1 Å². The minimum atomic E-state index is -0.517. The van der Waals surface area contributed by atoms with E-state index in [0.29, 0.717) is 12.5 Å². The van der Waals surface area contributed by atoms with E-state index in [2.05, 4.69) is 17.0 Å². The molecular formula is C20H25NO3. The molecule has 3 rings (SSSR count). The fraction of sp³-hybridized carbons (Fsp3) is 0.400. The maximum absolute atomic E-state index is 10.1. The summed E-state index contributed by atoms with van der Waals surface area (Å²) in [6.07, 6.45) is 0.488. The van der Waals surface area contributed by atoms with Crippen molar-refractivity contribution in [2.75, 3.05) is 32.8 Å². The smallest absolute Gasteiger partial charge is 0.119 e. The lowest BCUT2D eigenvalue weighted by Crippen LogP contribution is -2.34. The molecule has 0 saturated carbocycles. The summed E-state index contributed by atoms with van der Waals surface area (Å²) < 4.78 is 5.70. The second-order valence-electron chi connectivity index (χ2n) is 6.45. The molecule has 1 aliphatic rings. The summed E-state index contributed by atoms with van der Waals surface area (Å²) in [6.45, 7) is 2.91. The highest BCUT2D eigenvalue weighted by Gasteiger charge is 2.23. The van der Waals surface area contributed by atoms with E-state index in [1.165, 1.54) is 5.56 Å². The molecule has 128 valence electrons. The van der Waals surface area contributed by atoms with Crippen LogP contribution in [0.5, 0.6) is 5.75 Å². The Labute approximate surface area is 143 Å². The minimum Gasteiger partial charge on any atom is -0.491 e. The third kappa shape index (κ3) is 4.57. The van der Waals surface area contributed by atoms with Crippen molar-refractivity contribution in [3.8, 4) is 16.9 Å². The Hall–Kier alpha value is -1.88. The van der Waals surface area contributed by atoms with E-state index in [9.17, 15) is 5.11 Å². The van der Waals surface area contributed by atoms with E-state index >= 15 is 0 Å². The van der Waals surface area contributed by atoms with Crippen LogP contribution in [0.2, 0.25) is 0 Å². The van der Waals surface area contributed by atoms with Gasteiger partial charge in [-0.1, -0.05) is 42.5 Å². The molecule has 0 spiro atoms. The Bertz CT molecular complexity index is 615. The number of ether oxygens (including phenoxy) is 1. The molecule has 1 fully saturated rings. The van der Waals surface area contributed by atoms with Gasteiger partial charge in [-0.3, -0.25) is 0 Å². The van der Waals surface area contributed by atoms with Crippen molar-refractivity contribution in [2.24, 2.45) is 5.92 Å². The first-order valence-electron chi connectivity index (χ1n) is 8.54. The van der Waals surface area contributed by atoms with Crippen LogP contribution in [-0.4, -0.2) is 54.1 Å². The summed E-state index contributed by atoms with van der Waals surface area (Å²) in [5.74, 6) is 1.12. The largest absolute Gasteiger partial charge is 0.491 e. The molecule has 2 unspecified atom stereocenters. The van der Waals surface area contributed by atoms with Crippen LogP contribution in [-0.2, 0) is 0 Å². The highest BCUT2D eigenvalue weighted by molar-refractivity contribution is 5.63. The lowest BCUT2D eigenvalue weighted by Gasteiger charge is -2.20. The van der Waals surface area contributed by atoms with E-state index < -0.39 is 6.10 Å². The number of β-amino-alcohol motifs (C(OH)–C–C–N with tert-alkyl or cyclic N) is 1. The molecular weight excluding hydrogens is 302 g/mol. The van der Waals surface area contributed by atoms with Crippen molar-refractivity contribution in [1.82, 2.24) is 4.90 Å². The molecule has 0 bridgehead atoms. The van der Waals surface area contributed by atoms with Gasteiger partial charge in [-0.15, -0.1) is 0 Å². The third-order valence-corrected chi connectivity index (χ3v) is 4.50. The Morgan fingerprint density at radius 1 is 1.04 bits per heavy atom. The SMILES string of the molecule is OCC1CCN(CC(O)COc2ccc(-c3ccccc3)cc2)C1. The van der Waals surface area contributed by atoms with Crippen molar-refractivity contribution in [3.63, 3.8) is 0 Å². The van der Waals surface area contributed by atoms with Crippen LogP contribution in [0.25, 0.3) is 11.1 Å². The van der Waals surface area contributed by atoms with Gasteiger partial charge < -0.3 is 19.8 Å². The van der Waals surface area contributed by atoms with Gasteiger partial charge in [0.15, 0.2) is 0 Å². The van der Waals surface area contributed by atoms with Gasteiger partial charge in [0.25, 0.3) is 0 Å². The highest BCUT2D eigenvalue weighted by atomic mass is 16.5. The van der Waals surface area contributed by atoms with Crippen molar-refractivity contribution < 1.29 is 14.9 Å². The van der Waals surface area contributed by atoms with E-state index in [1.807, 2.05) is 42.5 Å². The molecule has 1 heterocycles. The zero-order valence-corrected chi connectivity index (χ0v) is 13.8. The standard InChI is InChI=1S/C20H25NO3/c22-14-16-10-11-21(12-16)13-19(23)15-24-20-8-6-18(7-9-20)17-4-2-1-3-5-17/h1-9,16,19,22-23H,10-15H2. The Morgan fingerprint density at radius 3 is 2.42 bits per heavy atom. The number of hydrogen-bond donors (Lipinski definition) is 2. The molecule has 4 heteroatoms. The normalized spacial score (nSPS) is 19.3. The van der Waals surface area contributed by atoms with Crippen LogP contribution in [0.1, 0.15) is 6.42 Å². The molecule has 1 saturated heterocycles. The molecule has 2 aromatic rings. The zero-order valence-electron chi connectivity index (χ0n) is 13.8. The van der Waals surface area contributed by atoms with E-state index in [-0.39, 0.29) is 13.2 Å². The molecule has 1 aliphatic heterocycles. The maximum atomic E-state index is 10.1. The zero-order chi connectivity index (χ0) is 16.8.